The standard InChI is InChI=1S/C36H34N4O3/c1-40-33(24-26-11-5-2-6-12-26)35(42)39-32(36(40)43)23-27-17-19-30(20-18-27)34(41)38-22-21-37-25-31(28-13-7-3-8-14-28)29-15-9-4-10-16-29/h2-20,23-24,31,37H,21-22,25H2,1H3,(H,38,41)(H,39,42)/b32-23-,33-24-. The summed E-state index contributed by atoms with van der Waals surface area (Å²) < 4.78 is 1.34. The van der Waals surface area contributed by atoms with E-state index in [0.717, 1.165) is 12.1 Å². The number of carbonyl (C=O) groups excluding carboxylic acids is 1. The third kappa shape index (κ3) is 7.52. The summed E-state index contributed by atoms with van der Waals surface area (Å²) >= 11 is 0. The molecule has 1 aromatic heterocycles. The Morgan fingerprint density at radius 2 is 1.30 bits per heavy atom. The van der Waals surface area contributed by atoms with Gasteiger partial charge in [0.05, 0.1) is 0 Å². The molecule has 5 rings (SSSR count). The normalized spacial score (nSPS) is 12.0. The largest absolute Gasteiger partial charge is 0.351 e. The van der Waals surface area contributed by atoms with Crippen LogP contribution in [-0.4, -0.2) is 35.1 Å². The quantitative estimate of drug-likeness (QED) is 0.225. The molecule has 0 saturated heterocycles. The maximum atomic E-state index is 13.0. The van der Waals surface area contributed by atoms with Crippen molar-refractivity contribution in [2.45, 2.75) is 5.92 Å². The van der Waals surface area contributed by atoms with Crippen molar-refractivity contribution >= 4 is 18.1 Å². The van der Waals surface area contributed by atoms with Crippen LogP contribution in [0, 0.1) is 0 Å². The summed E-state index contributed by atoms with van der Waals surface area (Å²) in [6.07, 6.45) is 3.29. The Hall–Kier alpha value is -5.27. The average Bonchev–Trinajstić information content (AvgIpc) is 3.05. The highest BCUT2D eigenvalue weighted by atomic mass is 16.2. The van der Waals surface area contributed by atoms with Crippen LogP contribution in [0.3, 0.4) is 0 Å². The van der Waals surface area contributed by atoms with Crippen LogP contribution in [-0.2, 0) is 7.05 Å². The lowest BCUT2D eigenvalue weighted by atomic mass is 9.91. The maximum Gasteiger partial charge on any atom is 0.274 e. The van der Waals surface area contributed by atoms with Crippen LogP contribution in [0.4, 0.5) is 0 Å². The zero-order valence-electron chi connectivity index (χ0n) is 24.0. The van der Waals surface area contributed by atoms with Crippen LogP contribution >= 0.6 is 0 Å². The third-order valence-corrected chi connectivity index (χ3v) is 7.30. The van der Waals surface area contributed by atoms with Gasteiger partial charge in [-0.3, -0.25) is 14.4 Å². The van der Waals surface area contributed by atoms with Gasteiger partial charge in [0.25, 0.3) is 17.0 Å². The van der Waals surface area contributed by atoms with Gasteiger partial charge in [-0.25, -0.2) is 0 Å². The molecule has 1 heterocycles. The summed E-state index contributed by atoms with van der Waals surface area (Å²) in [5.41, 5.74) is 3.83. The fourth-order valence-corrected chi connectivity index (χ4v) is 4.96. The van der Waals surface area contributed by atoms with Crippen LogP contribution in [0.25, 0.3) is 12.2 Å². The molecule has 0 radical (unpaired) electrons. The number of amides is 1. The summed E-state index contributed by atoms with van der Waals surface area (Å²) in [4.78, 5) is 41.1. The number of aromatic amines is 1. The molecule has 3 N–H and O–H groups in total. The van der Waals surface area contributed by atoms with Gasteiger partial charge in [-0.1, -0.05) is 103 Å². The Morgan fingerprint density at radius 1 is 0.744 bits per heavy atom. The minimum Gasteiger partial charge on any atom is -0.351 e. The number of carbonyl (C=O) groups is 1. The monoisotopic (exact) mass is 570 g/mol. The molecule has 0 aliphatic rings. The predicted molar refractivity (Wildman–Crippen MR) is 172 cm³/mol. The topological polar surface area (TPSA) is 96.0 Å². The van der Waals surface area contributed by atoms with Gasteiger partial charge in [0.2, 0.25) is 0 Å². The summed E-state index contributed by atoms with van der Waals surface area (Å²) in [6, 6.07) is 37.1. The van der Waals surface area contributed by atoms with Gasteiger partial charge in [0, 0.05) is 38.2 Å². The third-order valence-electron chi connectivity index (χ3n) is 7.30. The highest BCUT2D eigenvalue weighted by molar-refractivity contribution is 5.94. The molecule has 4 aromatic carbocycles. The highest BCUT2D eigenvalue weighted by Gasteiger charge is 2.13. The summed E-state index contributed by atoms with van der Waals surface area (Å²) in [5.74, 6) is 0.0352. The summed E-state index contributed by atoms with van der Waals surface area (Å²) in [6.45, 7) is 1.86. The second kappa shape index (κ2) is 14.1. The van der Waals surface area contributed by atoms with E-state index in [1.807, 2.05) is 42.5 Å². The summed E-state index contributed by atoms with van der Waals surface area (Å²) in [7, 11) is 1.58. The van der Waals surface area contributed by atoms with Crippen molar-refractivity contribution < 1.29 is 4.79 Å². The van der Waals surface area contributed by atoms with Crippen molar-refractivity contribution in [2.75, 3.05) is 19.6 Å². The summed E-state index contributed by atoms with van der Waals surface area (Å²) in [5, 5.41) is 6.87. The van der Waals surface area contributed by atoms with E-state index in [9.17, 15) is 14.4 Å². The molecule has 0 unspecified atom stereocenters. The number of benzene rings is 4. The second-order valence-corrected chi connectivity index (χ2v) is 10.3. The molecule has 43 heavy (non-hydrogen) atoms. The first kappa shape index (κ1) is 29.2. The van der Waals surface area contributed by atoms with E-state index in [1.54, 1.807) is 43.5 Å². The van der Waals surface area contributed by atoms with Crippen LogP contribution in [0.15, 0.2) is 125 Å². The molecule has 1 amide bonds. The minimum atomic E-state index is -0.360. The van der Waals surface area contributed by atoms with Gasteiger partial charge < -0.3 is 20.2 Å². The fourth-order valence-electron chi connectivity index (χ4n) is 4.96. The van der Waals surface area contributed by atoms with E-state index in [1.165, 1.54) is 15.7 Å². The van der Waals surface area contributed by atoms with Crippen LogP contribution in [0.2, 0.25) is 0 Å². The SMILES string of the molecule is Cn1c(=O)/c(=C/c2ccc(C(=O)NCCNCC(c3ccccc3)c3ccccc3)cc2)[nH]c(=O)/c1=C/c1ccccc1. The Labute approximate surface area is 249 Å². The first-order valence-electron chi connectivity index (χ1n) is 14.3. The number of aromatic nitrogens is 2. The Morgan fingerprint density at radius 3 is 1.91 bits per heavy atom. The molecule has 7 heteroatoms. The number of nitrogens with one attached hydrogen (secondary N) is 3. The molecule has 0 fully saturated rings. The molecule has 5 aromatic rings. The van der Waals surface area contributed by atoms with Crippen LogP contribution < -0.4 is 32.5 Å². The van der Waals surface area contributed by atoms with Crippen molar-refractivity contribution in [1.29, 1.82) is 0 Å². The van der Waals surface area contributed by atoms with Gasteiger partial charge in [0.15, 0.2) is 0 Å². The van der Waals surface area contributed by atoms with E-state index >= 15 is 0 Å². The van der Waals surface area contributed by atoms with Gasteiger partial charge in [0.1, 0.15) is 10.7 Å². The second-order valence-electron chi connectivity index (χ2n) is 10.3. The first-order chi connectivity index (χ1) is 21.0. The molecular weight excluding hydrogens is 536 g/mol. The average molecular weight is 571 g/mol. The molecular formula is C36H34N4O3. The van der Waals surface area contributed by atoms with E-state index in [0.29, 0.717) is 24.2 Å². The Kier molecular flexibility index (Phi) is 9.56. The van der Waals surface area contributed by atoms with Crippen molar-refractivity contribution in [3.8, 4) is 0 Å². The van der Waals surface area contributed by atoms with Gasteiger partial charge in [-0.2, -0.15) is 0 Å². The molecule has 0 aliphatic carbocycles. The molecule has 0 aliphatic heterocycles. The van der Waals surface area contributed by atoms with E-state index < -0.39 is 0 Å². The van der Waals surface area contributed by atoms with Crippen LogP contribution in [0.5, 0.6) is 0 Å². The van der Waals surface area contributed by atoms with E-state index in [-0.39, 0.29) is 33.6 Å². The lowest BCUT2D eigenvalue weighted by Crippen LogP contribution is -2.52. The highest BCUT2D eigenvalue weighted by Crippen LogP contribution is 2.23. The van der Waals surface area contributed by atoms with Gasteiger partial charge in [-0.05, 0) is 46.5 Å². The van der Waals surface area contributed by atoms with Gasteiger partial charge in [-0.15, -0.1) is 0 Å². The number of nitrogens with zero attached hydrogens (tertiary/aromatic N) is 1. The van der Waals surface area contributed by atoms with Crippen molar-refractivity contribution in [3.05, 3.63) is 174 Å². The van der Waals surface area contributed by atoms with Crippen molar-refractivity contribution in [1.82, 2.24) is 20.2 Å². The van der Waals surface area contributed by atoms with Crippen molar-refractivity contribution in [3.63, 3.8) is 0 Å². The van der Waals surface area contributed by atoms with E-state index in [4.69, 9.17) is 0 Å². The number of H-pyrrole nitrogens is 1. The fraction of sp³-hybridized carbons (Fsp3) is 0.139. The zero-order valence-corrected chi connectivity index (χ0v) is 24.0. The van der Waals surface area contributed by atoms with Gasteiger partial charge >= 0.3 is 0 Å². The molecule has 0 atom stereocenters. The Balaban J connectivity index is 1.19. The van der Waals surface area contributed by atoms with Crippen molar-refractivity contribution in [2.24, 2.45) is 7.05 Å². The Bertz CT molecular complexity index is 1860. The lowest BCUT2D eigenvalue weighted by Gasteiger charge is -2.19. The number of hydrogen-bond acceptors (Lipinski definition) is 4. The smallest absolute Gasteiger partial charge is 0.274 e. The minimum absolute atomic E-state index is 0.172. The lowest BCUT2D eigenvalue weighted by molar-refractivity contribution is 0.0954. The zero-order chi connectivity index (χ0) is 30.0. The van der Waals surface area contributed by atoms with E-state index in [2.05, 4.69) is 64.1 Å². The maximum absolute atomic E-state index is 13.0. The van der Waals surface area contributed by atoms with Crippen LogP contribution in [0.1, 0.15) is 38.5 Å². The predicted octanol–water partition coefficient (Wildman–Crippen LogP) is 2.88. The molecule has 0 saturated carbocycles. The first-order valence-corrected chi connectivity index (χ1v) is 14.3. The molecule has 0 bridgehead atoms. The molecule has 0 spiro atoms. The molecule has 216 valence electrons. The molecule has 7 nitrogen and oxygen atoms in total. The number of rotatable bonds is 10. The number of hydrogen-bond donors (Lipinski definition) is 3.